The minimum atomic E-state index is -0.257. The zero-order valence-electron chi connectivity index (χ0n) is 9.25. The number of pyridine rings is 1. The maximum absolute atomic E-state index is 11.8. The monoisotopic (exact) mass is 239 g/mol. The number of nitrogens with zero attached hydrogens (tertiary/aromatic N) is 1. The molecule has 5 heteroatoms. The largest absolute Gasteiger partial charge is 0.384 e. The first-order valence-corrected chi connectivity index (χ1v) is 5.51. The lowest BCUT2D eigenvalue weighted by Crippen LogP contribution is -2.29. The number of carbonyl (C=O) groups excluding carboxylic acids is 1. The predicted octanol–water partition coefficient (Wildman–Crippen LogP) is 1.85. The van der Waals surface area contributed by atoms with Crippen LogP contribution in [0.4, 0.5) is 5.82 Å². The van der Waals surface area contributed by atoms with Crippen molar-refractivity contribution in [3.8, 4) is 0 Å². The average Bonchev–Trinajstić information content (AvgIpc) is 2.77. The van der Waals surface area contributed by atoms with E-state index < -0.39 is 0 Å². The maximum atomic E-state index is 11.8. The maximum Gasteiger partial charge on any atom is 0.271 e. The van der Waals surface area contributed by atoms with Crippen LogP contribution in [-0.4, -0.2) is 16.9 Å². The summed E-state index contributed by atoms with van der Waals surface area (Å²) in [6.07, 6.45) is 0.985. The highest BCUT2D eigenvalue weighted by Crippen LogP contribution is 2.44. The number of nitrogens with two attached hydrogens (primary N) is 1. The summed E-state index contributed by atoms with van der Waals surface area (Å²) in [4.78, 5) is 15.8. The molecule has 0 aliphatic heterocycles. The minimum absolute atomic E-state index is 0.183. The third-order valence-electron chi connectivity index (χ3n) is 2.90. The number of nitrogen functional groups attached to an aromatic ring is 1. The number of nitrogens with one attached hydrogen (secondary N) is 1. The van der Waals surface area contributed by atoms with Gasteiger partial charge in [0.05, 0.1) is 5.02 Å². The van der Waals surface area contributed by atoms with Crippen LogP contribution in [0.1, 0.15) is 30.8 Å². The van der Waals surface area contributed by atoms with Gasteiger partial charge in [0.1, 0.15) is 11.5 Å². The van der Waals surface area contributed by atoms with E-state index in [0.717, 1.165) is 6.42 Å². The van der Waals surface area contributed by atoms with Crippen molar-refractivity contribution in [1.29, 1.82) is 0 Å². The number of aromatic nitrogens is 1. The molecule has 0 radical (unpaired) electrons. The number of halogens is 1. The summed E-state index contributed by atoms with van der Waals surface area (Å²) in [5, 5.41) is 3.21. The van der Waals surface area contributed by atoms with Gasteiger partial charge in [0.15, 0.2) is 0 Å². The fraction of sp³-hybridized carbons (Fsp3) is 0.455. The second kappa shape index (κ2) is 3.63. The molecule has 1 aromatic heterocycles. The molecular weight excluding hydrogens is 226 g/mol. The molecule has 1 aliphatic rings. The summed E-state index contributed by atoms with van der Waals surface area (Å²) < 4.78 is 0. The van der Waals surface area contributed by atoms with Crippen LogP contribution in [0, 0.1) is 5.41 Å². The first-order valence-electron chi connectivity index (χ1n) is 5.13. The molecular formula is C11H14ClN3O. The summed E-state index contributed by atoms with van der Waals surface area (Å²) in [6.45, 7) is 4.21. The van der Waals surface area contributed by atoms with E-state index >= 15 is 0 Å². The molecule has 86 valence electrons. The van der Waals surface area contributed by atoms with E-state index in [1.54, 1.807) is 12.1 Å². The molecule has 1 heterocycles. The molecule has 0 spiro atoms. The average molecular weight is 240 g/mol. The van der Waals surface area contributed by atoms with Gasteiger partial charge in [-0.1, -0.05) is 25.4 Å². The lowest BCUT2D eigenvalue weighted by molar-refractivity contribution is 0.0941. The topological polar surface area (TPSA) is 68.0 Å². The second-order valence-electron chi connectivity index (χ2n) is 4.79. The second-order valence-corrected chi connectivity index (χ2v) is 5.19. The van der Waals surface area contributed by atoms with Crippen LogP contribution in [0.2, 0.25) is 5.02 Å². The van der Waals surface area contributed by atoms with Crippen molar-refractivity contribution in [1.82, 2.24) is 10.3 Å². The molecule has 1 unspecified atom stereocenters. The highest BCUT2D eigenvalue weighted by atomic mass is 35.5. The zero-order chi connectivity index (χ0) is 11.9. The van der Waals surface area contributed by atoms with Crippen LogP contribution in [-0.2, 0) is 0 Å². The van der Waals surface area contributed by atoms with Gasteiger partial charge in [0.25, 0.3) is 5.91 Å². The van der Waals surface area contributed by atoms with Gasteiger partial charge in [0, 0.05) is 6.04 Å². The Hall–Kier alpha value is -1.29. The lowest BCUT2D eigenvalue weighted by atomic mass is 10.2. The van der Waals surface area contributed by atoms with Gasteiger partial charge in [0.2, 0.25) is 0 Å². The molecule has 0 aromatic carbocycles. The van der Waals surface area contributed by atoms with E-state index in [-0.39, 0.29) is 23.1 Å². The number of amides is 1. The zero-order valence-corrected chi connectivity index (χ0v) is 10.0. The molecule has 1 atom stereocenters. The van der Waals surface area contributed by atoms with E-state index in [2.05, 4.69) is 24.1 Å². The summed E-state index contributed by atoms with van der Waals surface area (Å²) in [6, 6.07) is 3.36. The minimum Gasteiger partial charge on any atom is -0.384 e. The number of hydrogen-bond donors (Lipinski definition) is 2. The van der Waals surface area contributed by atoms with Gasteiger partial charge in [-0.2, -0.15) is 0 Å². The van der Waals surface area contributed by atoms with Crippen molar-refractivity contribution in [2.75, 3.05) is 5.73 Å². The predicted molar refractivity (Wildman–Crippen MR) is 63.3 cm³/mol. The molecule has 2 rings (SSSR count). The molecule has 16 heavy (non-hydrogen) atoms. The summed E-state index contributed by atoms with van der Waals surface area (Å²) in [5.41, 5.74) is 5.90. The Labute approximate surface area is 99.2 Å². The third kappa shape index (κ3) is 2.11. The van der Waals surface area contributed by atoms with Gasteiger partial charge in [-0.15, -0.1) is 0 Å². The molecule has 0 saturated heterocycles. The van der Waals surface area contributed by atoms with Crippen LogP contribution in [0.15, 0.2) is 12.1 Å². The fourth-order valence-electron chi connectivity index (χ4n) is 1.56. The standard InChI is InChI=1S/C11H14ClN3O/c1-11(2)5-7(11)14-10(16)9-6(12)3-4-8(13)15-9/h3-4,7H,5H2,1-2H3,(H2,13,15)(H,14,16). The van der Waals surface area contributed by atoms with Crippen molar-refractivity contribution in [3.05, 3.63) is 22.8 Å². The van der Waals surface area contributed by atoms with Crippen LogP contribution in [0.3, 0.4) is 0 Å². The van der Waals surface area contributed by atoms with Crippen LogP contribution in [0.5, 0.6) is 0 Å². The molecule has 0 bridgehead atoms. The molecule has 1 fully saturated rings. The highest BCUT2D eigenvalue weighted by Gasteiger charge is 2.46. The van der Waals surface area contributed by atoms with E-state index in [0.29, 0.717) is 10.8 Å². The SMILES string of the molecule is CC1(C)CC1NC(=O)c1nc(N)ccc1Cl. The van der Waals surface area contributed by atoms with Crippen molar-refractivity contribution in [2.45, 2.75) is 26.3 Å². The van der Waals surface area contributed by atoms with Crippen LogP contribution >= 0.6 is 11.6 Å². The quantitative estimate of drug-likeness (QED) is 0.828. The van der Waals surface area contributed by atoms with Crippen LogP contribution in [0.25, 0.3) is 0 Å². The molecule has 1 aliphatic carbocycles. The first kappa shape index (κ1) is 11.2. The number of anilines is 1. The van der Waals surface area contributed by atoms with Gasteiger partial charge in [-0.05, 0) is 24.0 Å². The fourth-order valence-corrected chi connectivity index (χ4v) is 1.75. The van der Waals surface area contributed by atoms with Gasteiger partial charge >= 0.3 is 0 Å². The van der Waals surface area contributed by atoms with Crippen molar-refractivity contribution < 1.29 is 4.79 Å². The molecule has 1 saturated carbocycles. The Morgan fingerprint density at radius 1 is 1.62 bits per heavy atom. The van der Waals surface area contributed by atoms with E-state index in [4.69, 9.17) is 17.3 Å². The van der Waals surface area contributed by atoms with Gasteiger partial charge < -0.3 is 11.1 Å². The van der Waals surface area contributed by atoms with Crippen LogP contribution < -0.4 is 11.1 Å². The van der Waals surface area contributed by atoms with Gasteiger partial charge in [-0.25, -0.2) is 4.98 Å². The summed E-state index contributed by atoms with van der Waals surface area (Å²) >= 11 is 5.89. The molecule has 4 nitrogen and oxygen atoms in total. The molecule has 3 N–H and O–H groups in total. The van der Waals surface area contributed by atoms with E-state index in [1.807, 2.05) is 0 Å². The van der Waals surface area contributed by atoms with Crippen molar-refractivity contribution in [3.63, 3.8) is 0 Å². The Morgan fingerprint density at radius 2 is 2.25 bits per heavy atom. The Balaban J connectivity index is 2.12. The molecule has 1 amide bonds. The summed E-state index contributed by atoms with van der Waals surface area (Å²) in [5.74, 6) is 0.0393. The Kier molecular flexibility index (Phi) is 2.54. The van der Waals surface area contributed by atoms with E-state index in [1.165, 1.54) is 0 Å². The lowest BCUT2D eigenvalue weighted by Gasteiger charge is -2.07. The Morgan fingerprint density at radius 3 is 2.81 bits per heavy atom. The normalized spacial score (nSPS) is 21.6. The smallest absolute Gasteiger partial charge is 0.271 e. The number of hydrogen-bond acceptors (Lipinski definition) is 3. The van der Waals surface area contributed by atoms with Gasteiger partial charge in [-0.3, -0.25) is 4.79 Å². The Bertz CT molecular complexity index is 445. The van der Waals surface area contributed by atoms with Crippen molar-refractivity contribution >= 4 is 23.3 Å². The summed E-state index contributed by atoms with van der Waals surface area (Å²) in [7, 11) is 0. The number of rotatable bonds is 2. The van der Waals surface area contributed by atoms with E-state index in [9.17, 15) is 4.79 Å². The highest BCUT2D eigenvalue weighted by molar-refractivity contribution is 6.33. The molecule has 1 aromatic rings. The third-order valence-corrected chi connectivity index (χ3v) is 3.21. The number of carbonyl (C=O) groups is 1. The first-order chi connectivity index (χ1) is 7.40. The van der Waals surface area contributed by atoms with Crippen molar-refractivity contribution in [2.24, 2.45) is 5.41 Å².